The maximum absolute atomic E-state index is 12.3. The van der Waals surface area contributed by atoms with Crippen molar-refractivity contribution < 1.29 is 9.53 Å². The molecule has 1 fully saturated rings. The topological polar surface area (TPSA) is 41.6 Å². The van der Waals surface area contributed by atoms with Gasteiger partial charge in [-0.15, -0.1) is 0 Å². The molecule has 4 nitrogen and oxygen atoms in total. The summed E-state index contributed by atoms with van der Waals surface area (Å²) in [7, 11) is 0. The Balaban J connectivity index is 1.91. The summed E-state index contributed by atoms with van der Waals surface area (Å²) in [5.74, 6) is 0.557. The first-order valence-electron chi connectivity index (χ1n) is 8.04. The highest BCUT2D eigenvalue weighted by atomic mass is 32.1. The fourth-order valence-corrected chi connectivity index (χ4v) is 2.68. The predicted molar refractivity (Wildman–Crippen MR) is 92.3 cm³/mol. The summed E-state index contributed by atoms with van der Waals surface area (Å²) in [6, 6.07) is 7.25. The summed E-state index contributed by atoms with van der Waals surface area (Å²) in [5.41, 5.74) is 0.577. The first kappa shape index (κ1) is 16.7. The summed E-state index contributed by atoms with van der Waals surface area (Å²) in [6.07, 6.45) is 5.61. The second-order valence-electron chi connectivity index (χ2n) is 5.54. The number of benzene rings is 1. The lowest BCUT2D eigenvalue weighted by atomic mass is 10.1. The molecule has 1 aliphatic heterocycles. The summed E-state index contributed by atoms with van der Waals surface area (Å²) in [5, 5.41) is 3.35. The monoisotopic (exact) mass is 320 g/mol. The maximum atomic E-state index is 12.3. The van der Waals surface area contributed by atoms with Gasteiger partial charge in [0.15, 0.2) is 5.11 Å². The van der Waals surface area contributed by atoms with Crippen molar-refractivity contribution >= 4 is 23.2 Å². The van der Waals surface area contributed by atoms with Crippen LogP contribution >= 0.6 is 12.2 Å². The first-order chi connectivity index (χ1) is 10.7. The first-order valence-corrected chi connectivity index (χ1v) is 8.44. The molecular formula is C17H24N2O2S. The van der Waals surface area contributed by atoms with Crippen LogP contribution in [0, 0.1) is 0 Å². The van der Waals surface area contributed by atoms with Gasteiger partial charge in [-0.1, -0.05) is 19.4 Å². The molecule has 1 N–H and O–H groups in total. The van der Waals surface area contributed by atoms with Crippen LogP contribution in [0.25, 0.3) is 0 Å². The molecule has 1 aromatic carbocycles. The number of carbonyl (C=O) groups is 1. The number of amides is 1. The standard InChI is InChI=1S/C17H24N2O2S/c1-2-3-12-21-15-9-7-8-14(13-15)16(20)18-17(22)19-10-5-4-6-11-19/h7-9,13H,2-6,10-12H2,1H3,(H,18,20,22). The van der Waals surface area contributed by atoms with E-state index in [9.17, 15) is 4.79 Å². The number of hydrogen-bond donors (Lipinski definition) is 1. The number of carbonyl (C=O) groups excluding carboxylic acids is 1. The number of unbranched alkanes of at least 4 members (excludes halogenated alkanes) is 1. The highest BCUT2D eigenvalue weighted by molar-refractivity contribution is 7.80. The Kier molecular flexibility index (Phi) is 6.65. The molecule has 0 radical (unpaired) electrons. The van der Waals surface area contributed by atoms with Crippen LogP contribution in [0.3, 0.4) is 0 Å². The van der Waals surface area contributed by atoms with Crippen LogP contribution in [0.5, 0.6) is 5.75 Å². The molecule has 120 valence electrons. The Labute approximate surface area is 137 Å². The van der Waals surface area contributed by atoms with Crippen molar-refractivity contribution in [2.24, 2.45) is 0 Å². The predicted octanol–water partition coefficient (Wildman–Crippen LogP) is 3.37. The van der Waals surface area contributed by atoms with Crippen molar-refractivity contribution in [1.29, 1.82) is 0 Å². The highest BCUT2D eigenvalue weighted by Gasteiger charge is 2.16. The van der Waals surface area contributed by atoms with Gasteiger partial charge in [-0.05, 0) is 56.1 Å². The molecule has 0 bridgehead atoms. The van der Waals surface area contributed by atoms with Crippen LogP contribution in [-0.2, 0) is 0 Å². The third-order valence-corrected chi connectivity index (χ3v) is 4.09. The third kappa shape index (κ3) is 4.98. The number of piperidine rings is 1. The molecule has 0 aliphatic carbocycles. The second-order valence-corrected chi connectivity index (χ2v) is 5.92. The van der Waals surface area contributed by atoms with Crippen molar-refractivity contribution in [3.05, 3.63) is 29.8 Å². The molecule has 1 amide bonds. The Hall–Kier alpha value is -1.62. The van der Waals surface area contributed by atoms with Gasteiger partial charge in [-0.2, -0.15) is 0 Å². The number of ether oxygens (including phenoxy) is 1. The second kappa shape index (κ2) is 8.73. The number of thiocarbonyl (C=S) groups is 1. The van der Waals surface area contributed by atoms with Crippen molar-refractivity contribution in [2.75, 3.05) is 19.7 Å². The zero-order chi connectivity index (χ0) is 15.8. The zero-order valence-corrected chi connectivity index (χ0v) is 14.0. The van der Waals surface area contributed by atoms with E-state index in [0.29, 0.717) is 17.3 Å². The molecule has 1 heterocycles. The molecule has 1 aliphatic rings. The van der Waals surface area contributed by atoms with Crippen LogP contribution in [0.1, 0.15) is 49.4 Å². The van der Waals surface area contributed by atoms with E-state index in [1.54, 1.807) is 12.1 Å². The number of likely N-dealkylation sites (tertiary alicyclic amines) is 1. The Morgan fingerprint density at radius 1 is 1.32 bits per heavy atom. The van der Waals surface area contributed by atoms with Gasteiger partial charge in [-0.25, -0.2) is 0 Å². The average molecular weight is 320 g/mol. The van der Waals surface area contributed by atoms with Gasteiger partial charge in [-0.3, -0.25) is 10.1 Å². The molecule has 22 heavy (non-hydrogen) atoms. The number of rotatable bonds is 5. The Morgan fingerprint density at radius 3 is 2.82 bits per heavy atom. The molecule has 0 aromatic heterocycles. The lowest BCUT2D eigenvalue weighted by Gasteiger charge is -2.28. The molecule has 1 aromatic rings. The van der Waals surface area contributed by atoms with E-state index in [0.717, 1.165) is 44.5 Å². The van der Waals surface area contributed by atoms with Crippen LogP contribution in [-0.4, -0.2) is 35.6 Å². The van der Waals surface area contributed by atoms with Crippen molar-refractivity contribution in [1.82, 2.24) is 10.2 Å². The van der Waals surface area contributed by atoms with Gasteiger partial charge in [0.05, 0.1) is 6.61 Å². The van der Waals surface area contributed by atoms with E-state index >= 15 is 0 Å². The molecule has 0 saturated carbocycles. The highest BCUT2D eigenvalue weighted by Crippen LogP contribution is 2.14. The minimum absolute atomic E-state index is 0.170. The van der Waals surface area contributed by atoms with E-state index in [-0.39, 0.29) is 5.91 Å². The number of hydrogen-bond acceptors (Lipinski definition) is 3. The molecule has 0 spiro atoms. The van der Waals surface area contributed by atoms with E-state index in [1.165, 1.54) is 6.42 Å². The molecule has 0 unspecified atom stereocenters. The summed E-state index contributed by atoms with van der Waals surface area (Å²) < 4.78 is 5.64. The number of nitrogens with one attached hydrogen (secondary N) is 1. The van der Waals surface area contributed by atoms with Gasteiger partial charge < -0.3 is 9.64 Å². The summed E-state index contributed by atoms with van der Waals surface area (Å²) >= 11 is 5.33. The van der Waals surface area contributed by atoms with E-state index < -0.39 is 0 Å². The third-order valence-electron chi connectivity index (χ3n) is 3.73. The SMILES string of the molecule is CCCCOc1cccc(C(=O)NC(=S)N2CCCCC2)c1. The smallest absolute Gasteiger partial charge is 0.257 e. The van der Waals surface area contributed by atoms with Crippen molar-refractivity contribution in [3.63, 3.8) is 0 Å². The normalized spacial score (nSPS) is 14.5. The van der Waals surface area contributed by atoms with Gasteiger partial charge in [0.25, 0.3) is 5.91 Å². The lowest BCUT2D eigenvalue weighted by Crippen LogP contribution is -2.44. The van der Waals surface area contributed by atoms with E-state index in [2.05, 4.69) is 17.1 Å². The maximum Gasteiger partial charge on any atom is 0.257 e. The van der Waals surface area contributed by atoms with Crippen LogP contribution in [0.2, 0.25) is 0 Å². The van der Waals surface area contributed by atoms with Gasteiger partial charge in [0.1, 0.15) is 5.75 Å². The van der Waals surface area contributed by atoms with Gasteiger partial charge >= 0.3 is 0 Å². The van der Waals surface area contributed by atoms with Crippen LogP contribution in [0.4, 0.5) is 0 Å². The van der Waals surface area contributed by atoms with Crippen molar-refractivity contribution in [2.45, 2.75) is 39.0 Å². The minimum Gasteiger partial charge on any atom is -0.494 e. The summed E-state index contributed by atoms with van der Waals surface area (Å²) in [4.78, 5) is 14.4. The largest absolute Gasteiger partial charge is 0.494 e. The Morgan fingerprint density at radius 2 is 2.09 bits per heavy atom. The fraction of sp³-hybridized carbons (Fsp3) is 0.529. The van der Waals surface area contributed by atoms with E-state index in [4.69, 9.17) is 17.0 Å². The Bertz CT molecular complexity index is 513. The minimum atomic E-state index is -0.170. The zero-order valence-electron chi connectivity index (χ0n) is 13.1. The quantitative estimate of drug-likeness (QED) is 0.667. The molecule has 2 rings (SSSR count). The van der Waals surface area contributed by atoms with Gasteiger partial charge in [0.2, 0.25) is 0 Å². The van der Waals surface area contributed by atoms with Gasteiger partial charge in [0, 0.05) is 18.7 Å². The fourth-order valence-electron chi connectivity index (χ4n) is 2.41. The molecule has 5 heteroatoms. The van der Waals surface area contributed by atoms with E-state index in [1.807, 2.05) is 12.1 Å². The van der Waals surface area contributed by atoms with Crippen LogP contribution in [0.15, 0.2) is 24.3 Å². The lowest BCUT2D eigenvalue weighted by molar-refractivity contribution is 0.0972. The number of nitrogens with zero attached hydrogens (tertiary/aromatic N) is 1. The summed E-state index contributed by atoms with van der Waals surface area (Å²) in [6.45, 7) is 4.65. The van der Waals surface area contributed by atoms with Crippen LogP contribution < -0.4 is 10.1 Å². The average Bonchev–Trinajstić information content (AvgIpc) is 2.56. The van der Waals surface area contributed by atoms with Crippen molar-refractivity contribution in [3.8, 4) is 5.75 Å². The molecule has 1 saturated heterocycles. The molecular weight excluding hydrogens is 296 g/mol. The molecule has 0 atom stereocenters.